The zero-order valence-electron chi connectivity index (χ0n) is 13.4. The molecule has 1 atom stereocenters. The highest BCUT2D eigenvalue weighted by Crippen LogP contribution is 2.45. The Kier molecular flexibility index (Phi) is 2.95. The molecule has 1 aromatic heterocycles. The Balaban J connectivity index is 1.78. The van der Waals surface area contributed by atoms with Crippen LogP contribution in [-0.2, 0) is 17.6 Å². The summed E-state index contributed by atoms with van der Waals surface area (Å²) in [6.07, 6.45) is 7.95. The van der Waals surface area contributed by atoms with E-state index in [0.717, 1.165) is 25.0 Å². The Hall–Kier alpha value is -2.43. The van der Waals surface area contributed by atoms with Gasteiger partial charge in [0.05, 0.1) is 11.9 Å². The van der Waals surface area contributed by atoms with Crippen molar-refractivity contribution < 1.29 is 4.74 Å². The highest BCUT2D eigenvalue weighted by molar-refractivity contribution is 5.75. The lowest BCUT2D eigenvalue weighted by molar-refractivity contribution is 0.0357. The van der Waals surface area contributed by atoms with Gasteiger partial charge < -0.3 is 10.5 Å². The van der Waals surface area contributed by atoms with E-state index in [4.69, 9.17) is 10.5 Å². The largest absolute Gasteiger partial charge is 0.457 e. The number of hydrogen-bond donors (Lipinski definition) is 1. The summed E-state index contributed by atoms with van der Waals surface area (Å²) in [7, 11) is 0. The maximum Gasteiger partial charge on any atom is 0.283 e. The van der Waals surface area contributed by atoms with Crippen LogP contribution in [0.25, 0.3) is 11.3 Å². The fourth-order valence-corrected chi connectivity index (χ4v) is 3.84. The molecule has 1 aliphatic carbocycles. The summed E-state index contributed by atoms with van der Waals surface area (Å²) in [4.78, 5) is 13.3. The SMILES string of the molecule is CC1(C)OC(N)=N[C@@]12CCc1c(cccc1-c1cnccn1)C2. The number of benzene rings is 1. The number of nitrogens with two attached hydrogens (primary N) is 1. The highest BCUT2D eigenvalue weighted by atomic mass is 16.5. The number of rotatable bonds is 1. The first-order valence-electron chi connectivity index (χ1n) is 7.92. The molecule has 5 nitrogen and oxygen atoms in total. The number of aromatic nitrogens is 2. The van der Waals surface area contributed by atoms with Gasteiger partial charge in [-0.3, -0.25) is 9.97 Å². The summed E-state index contributed by atoms with van der Waals surface area (Å²) in [6.45, 7) is 4.15. The molecule has 1 spiro atoms. The van der Waals surface area contributed by atoms with E-state index in [9.17, 15) is 0 Å². The van der Waals surface area contributed by atoms with Crippen LogP contribution in [0.4, 0.5) is 0 Å². The van der Waals surface area contributed by atoms with Crippen molar-refractivity contribution in [3.63, 3.8) is 0 Å². The van der Waals surface area contributed by atoms with Crippen LogP contribution in [0.5, 0.6) is 0 Å². The fraction of sp³-hybridized carbons (Fsp3) is 0.389. The molecule has 0 fully saturated rings. The van der Waals surface area contributed by atoms with Gasteiger partial charge in [0.25, 0.3) is 6.02 Å². The average Bonchev–Trinajstić information content (AvgIpc) is 2.75. The first-order chi connectivity index (χ1) is 11.0. The Bertz CT molecular complexity index is 785. The molecule has 118 valence electrons. The van der Waals surface area contributed by atoms with Crippen LogP contribution in [-0.4, -0.2) is 27.1 Å². The number of hydrogen-bond acceptors (Lipinski definition) is 5. The van der Waals surface area contributed by atoms with Crippen LogP contribution in [0.15, 0.2) is 41.8 Å². The van der Waals surface area contributed by atoms with Crippen LogP contribution in [0.2, 0.25) is 0 Å². The Morgan fingerprint density at radius 1 is 1.22 bits per heavy atom. The molecule has 23 heavy (non-hydrogen) atoms. The summed E-state index contributed by atoms with van der Waals surface area (Å²) in [5.74, 6) is 0. The highest BCUT2D eigenvalue weighted by Gasteiger charge is 2.53. The predicted molar refractivity (Wildman–Crippen MR) is 89.0 cm³/mol. The van der Waals surface area contributed by atoms with Gasteiger partial charge in [0.2, 0.25) is 0 Å². The van der Waals surface area contributed by atoms with Crippen molar-refractivity contribution in [3.8, 4) is 11.3 Å². The van der Waals surface area contributed by atoms with Gasteiger partial charge in [0, 0.05) is 24.4 Å². The summed E-state index contributed by atoms with van der Waals surface area (Å²) in [6, 6.07) is 6.69. The molecule has 2 aromatic rings. The second-order valence-electron chi connectivity index (χ2n) is 6.80. The predicted octanol–water partition coefficient (Wildman–Crippen LogP) is 2.49. The van der Waals surface area contributed by atoms with Crippen LogP contribution < -0.4 is 5.73 Å². The normalized spacial score (nSPS) is 24.9. The first kappa shape index (κ1) is 14.2. The molecule has 0 bridgehead atoms. The summed E-state index contributed by atoms with van der Waals surface area (Å²) in [5.41, 5.74) is 9.95. The van der Waals surface area contributed by atoms with Gasteiger partial charge in [0.15, 0.2) is 0 Å². The van der Waals surface area contributed by atoms with Gasteiger partial charge in [-0.15, -0.1) is 0 Å². The second kappa shape index (κ2) is 4.78. The lowest BCUT2D eigenvalue weighted by Crippen LogP contribution is -2.50. The zero-order chi connectivity index (χ0) is 16.1. The number of fused-ring (bicyclic) bond motifs is 1. The van der Waals surface area contributed by atoms with E-state index in [0.29, 0.717) is 6.02 Å². The Morgan fingerprint density at radius 2 is 2.09 bits per heavy atom. The van der Waals surface area contributed by atoms with E-state index < -0.39 is 0 Å². The molecule has 4 rings (SSSR count). The molecular formula is C18H20N4O. The molecule has 0 saturated carbocycles. The van der Waals surface area contributed by atoms with Crippen molar-refractivity contribution in [3.05, 3.63) is 47.9 Å². The molecule has 0 unspecified atom stereocenters. The van der Waals surface area contributed by atoms with Gasteiger partial charge in [-0.2, -0.15) is 0 Å². The van der Waals surface area contributed by atoms with Crippen molar-refractivity contribution in [1.29, 1.82) is 0 Å². The van der Waals surface area contributed by atoms with E-state index in [1.165, 1.54) is 16.7 Å². The molecule has 2 heterocycles. The van der Waals surface area contributed by atoms with Crippen LogP contribution >= 0.6 is 0 Å². The van der Waals surface area contributed by atoms with Crippen LogP contribution in [0, 0.1) is 0 Å². The van der Waals surface area contributed by atoms with Crippen LogP contribution in [0.1, 0.15) is 31.4 Å². The molecule has 0 amide bonds. The number of ether oxygens (including phenoxy) is 1. The standard InChI is InChI=1S/C18H20N4O/c1-17(2)18(22-16(19)23-17)7-6-13-12(10-18)4-3-5-14(13)15-11-20-8-9-21-15/h3-5,8-9,11H,6-7,10H2,1-2H3,(H2,19,22)/t18-/m1/s1. The topological polar surface area (TPSA) is 73.4 Å². The maximum absolute atomic E-state index is 5.87. The third-order valence-corrected chi connectivity index (χ3v) is 5.19. The lowest BCUT2D eigenvalue weighted by atomic mass is 9.69. The van der Waals surface area contributed by atoms with E-state index in [2.05, 4.69) is 47.0 Å². The van der Waals surface area contributed by atoms with Gasteiger partial charge >= 0.3 is 0 Å². The smallest absolute Gasteiger partial charge is 0.283 e. The van der Waals surface area contributed by atoms with E-state index in [1.54, 1.807) is 12.4 Å². The van der Waals surface area contributed by atoms with Crippen molar-refractivity contribution in [1.82, 2.24) is 9.97 Å². The third-order valence-electron chi connectivity index (χ3n) is 5.19. The van der Waals surface area contributed by atoms with Gasteiger partial charge in [-0.1, -0.05) is 18.2 Å². The molecular weight excluding hydrogens is 288 g/mol. The van der Waals surface area contributed by atoms with Gasteiger partial charge in [-0.05, 0) is 37.8 Å². The third kappa shape index (κ3) is 2.11. The molecule has 2 aliphatic rings. The lowest BCUT2D eigenvalue weighted by Gasteiger charge is -2.41. The Morgan fingerprint density at radius 3 is 2.78 bits per heavy atom. The minimum absolute atomic E-state index is 0.273. The Labute approximate surface area is 135 Å². The van der Waals surface area contributed by atoms with Crippen molar-refractivity contribution in [2.24, 2.45) is 10.7 Å². The van der Waals surface area contributed by atoms with Crippen molar-refractivity contribution in [2.45, 2.75) is 44.2 Å². The number of nitrogens with zero attached hydrogens (tertiary/aromatic N) is 3. The molecule has 0 radical (unpaired) electrons. The molecule has 1 aliphatic heterocycles. The molecule has 0 saturated heterocycles. The molecule has 1 aromatic carbocycles. The van der Waals surface area contributed by atoms with Gasteiger partial charge in [0.1, 0.15) is 11.1 Å². The van der Waals surface area contributed by atoms with E-state index in [1.807, 2.05) is 6.20 Å². The quantitative estimate of drug-likeness (QED) is 0.878. The van der Waals surface area contributed by atoms with Crippen LogP contribution in [0.3, 0.4) is 0 Å². The first-order valence-corrected chi connectivity index (χ1v) is 7.92. The summed E-state index contributed by atoms with van der Waals surface area (Å²) >= 11 is 0. The number of aliphatic imine (C=N–C) groups is 1. The molecule has 2 N–H and O–H groups in total. The summed E-state index contributed by atoms with van der Waals surface area (Å²) < 4.78 is 5.78. The van der Waals surface area contributed by atoms with E-state index >= 15 is 0 Å². The average molecular weight is 308 g/mol. The zero-order valence-corrected chi connectivity index (χ0v) is 13.4. The maximum atomic E-state index is 5.87. The minimum Gasteiger partial charge on any atom is -0.457 e. The van der Waals surface area contributed by atoms with Crippen molar-refractivity contribution in [2.75, 3.05) is 0 Å². The monoisotopic (exact) mass is 308 g/mol. The van der Waals surface area contributed by atoms with Gasteiger partial charge in [-0.25, -0.2) is 4.99 Å². The number of amidine groups is 1. The second-order valence-corrected chi connectivity index (χ2v) is 6.80. The van der Waals surface area contributed by atoms with E-state index in [-0.39, 0.29) is 11.1 Å². The fourth-order valence-electron chi connectivity index (χ4n) is 3.84. The summed E-state index contributed by atoms with van der Waals surface area (Å²) in [5, 5.41) is 0. The molecule has 5 heteroatoms. The minimum atomic E-state index is -0.378. The van der Waals surface area contributed by atoms with Crippen molar-refractivity contribution >= 4 is 6.02 Å².